The Labute approximate surface area is 79.4 Å². The third kappa shape index (κ3) is 2.29. The average Bonchev–Trinajstić information content (AvgIpc) is 2.09. The van der Waals surface area contributed by atoms with Gasteiger partial charge in [-0.25, -0.2) is 9.18 Å². The molecule has 1 aromatic carbocycles. The van der Waals surface area contributed by atoms with Crippen LogP contribution in [0.5, 0.6) is 0 Å². The highest BCUT2D eigenvalue weighted by Gasteiger charge is 2.12. The maximum atomic E-state index is 12.6. The van der Waals surface area contributed by atoms with E-state index in [9.17, 15) is 14.0 Å². The zero-order valence-electron chi connectivity index (χ0n) is 7.37. The first-order valence-electron chi connectivity index (χ1n) is 3.81. The second kappa shape index (κ2) is 3.87. The van der Waals surface area contributed by atoms with Crippen molar-refractivity contribution in [3.63, 3.8) is 0 Å². The summed E-state index contributed by atoms with van der Waals surface area (Å²) in [6.07, 6.45) is 0. The number of amides is 1. The van der Waals surface area contributed by atoms with Crippen LogP contribution in [-0.2, 0) is 9.59 Å². The molecule has 1 aromatic rings. The molecule has 0 aliphatic heterocycles. The fraction of sp³-hybridized carbons (Fsp3) is 0.111. The molecular formula is C9H8FNO3. The van der Waals surface area contributed by atoms with E-state index in [1.165, 1.54) is 12.1 Å². The zero-order chi connectivity index (χ0) is 10.7. The van der Waals surface area contributed by atoms with Crippen molar-refractivity contribution in [2.75, 3.05) is 5.32 Å². The van der Waals surface area contributed by atoms with E-state index in [0.29, 0.717) is 11.3 Å². The van der Waals surface area contributed by atoms with E-state index >= 15 is 0 Å². The molecule has 0 saturated carbocycles. The molecule has 0 radical (unpaired) electrons. The van der Waals surface area contributed by atoms with Gasteiger partial charge in [0.05, 0.1) is 0 Å². The van der Waals surface area contributed by atoms with Crippen LogP contribution in [0.3, 0.4) is 0 Å². The minimum Gasteiger partial charge on any atom is -0.474 e. The van der Waals surface area contributed by atoms with Gasteiger partial charge in [0, 0.05) is 5.69 Å². The molecule has 2 N–H and O–H groups in total. The molecule has 0 saturated heterocycles. The van der Waals surface area contributed by atoms with Crippen molar-refractivity contribution in [1.82, 2.24) is 0 Å². The summed E-state index contributed by atoms with van der Waals surface area (Å²) >= 11 is 0. The first-order valence-corrected chi connectivity index (χ1v) is 3.81. The van der Waals surface area contributed by atoms with Gasteiger partial charge in [-0.2, -0.15) is 0 Å². The van der Waals surface area contributed by atoms with Gasteiger partial charge in [-0.05, 0) is 30.7 Å². The highest BCUT2D eigenvalue weighted by molar-refractivity contribution is 6.36. The highest BCUT2D eigenvalue weighted by atomic mass is 19.1. The monoisotopic (exact) mass is 197 g/mol. The number of anilines is 1. The summed E-state index contributed by atoms with van der Waals surface area (Å²) in [6.45, 7) is 1.57. The number of carboxylic acid groups (broad SMARTS) is 1. The summed E-state index contributed by atoms with van der Waals surface area (Å²) in [5, 5.41) is 10.4. The number of aryl methyl sites for hydroxylation is 1. The number of benzene rings is 1. The van der Waals surface area contributed by atoms with E-state index in [1.807, 2.05) is 0 Å². The Hall–Kier alpha value is -1.91. The number of carboxylic acids is 1. The molecule has 4 nitrogen and oxygen atoms in total. The molecule has 74 valence electrons. The zero-order valence-corrected chi connectivity index (χ0v) is 7.37. The fourth-order valence-electron chi connectivity index (χ4n) is 0.943. The van der Waals surface area contributed by atoms with Crippen molar-refractivity contribution in [3.05, 3.63) is 29.6 Å². The maximum Gasteiger partial charge on any atom is 0.394 e. The van der Waals surface area contributed by atoms with Crippen molar-refractivity contribution in [2.24, 2.45) is 0 Å². The van der Waals surface area contributed by atoms with Gasteiger partial charge in [-0.1, -0.05) is 0 Å². The number of nitrogens with one attached hydrogen (secondary N) is 1. The Kier molecular flexibility index (Phi) is 2.81. The summed E-state index contributed by atoms with van der Waals surface area (Å²) in [4.78, 5) is 20.9. The van der Waals surface area contributed by atoms with Crippen LogP contribution in [0.4, 0.5) is 10.1 Å². The third-order valence-corrected chi connectivity index (χ3v) is 1.63. The lowest BCUT2D eigenvalue weighted by Gasteiger charge is -2.05. The van der Waals surface area contributed by atoms with Crippen LogP contribution in [-0.4, -0.2) is 17.0 Å². The quantitative estimate of drug-likeness (QED) is 0.664. The van der Waals surface area contributed by atoms with Crippen molar-refractivity contribution in [2.45, 2.75) is 6.92 Å². The van der Waals surface area contributed by atoms with Gasteiger partial charge in [-0.3, -0.25) is 4.79 Å². The number of aliphatic carboxylic acids is 1. The molecule has 0 aromatic heterocycles. The van der Waals surface area contributed by atoms with E-state index in [1.54, 1.807) is 6.92 Å². The molecule has 0 bridgehead atoms. The Morgan fingerprint density at radius 1 is 1.43 bits per heavy atom. The number of halogens is 1. The van der Waals surface area contributed by atoms with Gasteiger partial charge in [0.15, 0.2) is 0 Å². The summed E-state index contributed by atoms with van der Waals surface area (Å²) in [5.74, 6) is -3.15. The molecule has 0 fully saturated rings. The molecule has 0 aliphatic rings. The normalized spacial score (nSPS) is 9.57. The van der Waals surface area contributed by atoms with Gasteiger partial charge >= 0.3 is 11.9 Å². The SMILES string of the molecule is Cc1cc(F)ccc1NC(=O)C(=O)O. The molecule has 0 spiro atoms. The molecule has 5 heteroatoms. The molecule has 0 heterocycles. The van der Waals surface area contributed by atoms with Crippen LogP contribution >= 0.6 is 0 Å². The predicted octanol–water partition coefficient (Wildman–Crippen LogP) is 1.16. The van der Waals surface area contributed by atoms with E-state index in [4.69, 9.17) is 5.11 Å². The van der Waals surface area contributed by atoms with Gasteiger partial charge in [-0.15, -0.1) is 0 Å². The maximum absolute atomic E-state index is 12.6. The molecule has 14 heavy (non-hydrogen) atoms. The number of rotatable bonds is 1. The van der Waals surface area contributed by atoms with Crippen molar-refractivity contribution >= 4 is 17.6 Å². The van der Waals surface area contributed by atoms with E-state index in [2.05, 4.69) is 5.32 Å². The summed E-state index contributed by atoms with van der Waals surface area (Å²) in [7, 11) is 0. The lowest BCUT2D eigenvalue weighted by Crippen LogP contribution is -2.22. The first-order chi connectivity index (χ1) is 6.50. The standard InChI is InChI=1S/C9H8FNO3/c1-5-4-6(10)2-3-7(5)11-8(12)9(13)14/h2-4H,1H3,(H,11,12)(H,13,14). The van der Waals surface area contributed by atoms with Crippen LogP contribution in [0.2, 0.25) is 0 Å². The largest absolute Gasteiger partial charge is 0.474 e. The first kappa shape index (κ1) is 10.2. The van der Waals surface area contributed by atoms with Gasteiger partial charge in [0.1, 0.15) is 5.82 Å². The van der Waals surface area contributed by atoms with Crippen LogP contribution in [0, 0.1) is 12.7 Å². The molecule has 1 rings (SSSR count). The lowest BCUT2D eigenvalue weighted by molar-refractivity contribution is -0.147. The Balaban J connectivity index is 2.87. The lowest BCUT2D eigenvalue weighted by atomic mass is 10.2. The third-order valence-electron chi connectivity index (χ3n) is 1.63. The second-order valence-electron chi connectivity index (χ2n) is 2.72. The summed E-state index contributed by atoms with van der Waals surface area (Å²) < 4.78 is 12.6. The average molecular weight is 197 g/mol. The smallest absolute Gasteiger partial charge is 0.394 e. The topological polar surface area (TPSA) is 66.4 Å². The van der Waals surface area contributed by atoms with E-state index < -0.39 is 17.7 Å². The molecule has 0 aliphatic carbocycles. The Bertz CT molecular complexity index is 390. The van der Waals surface area contributed by atoms with Crippen LogP contribution in [0.15, 0.2) is 18.2 Å². The predicted molar refractivity (Wildman–Crippen MR) is 47.4 cm³/mol. The second-order valence-corrected chi connectivity index (χ2v) is 2.72. The molecular weight excluding hydrogens is 189 g/mol. The van der Waals surface area contributed by atoms with Crippen molar-refractivity contribution < 1.29 is 19.1 Å². The molecule has 1 amide bonds. The minimum atomic E-state index is -1.58. The van der Waals surface area contributed by atoms with Crippen LogP contribution in [0.1, 0.15) is 5.56 Å². The number of hydrogen-bond acceptors (Lipinski definition) is 2. The van der Waals surface area contributed by atoms with Crippen LogP contribution < -0.4 is 5.32 Å². The van der Waals surface area contributed by atoms with E-state index in [0.717, 1.165) is 6.07 Å². The van der Waals surface area contributed by atoms with Crippen molar-refractivity contribution in [3.8, 4) is 0 Å². The van der Waals surface area contributed by atoms with Gasteiger partial charge in [0.2, 0.25) is 0 Å². The minimum absolute atomic E-state index is 0.291. The fourth-order valence-corrected chi connectivity index (χ4v) is 0.943. The summed E-state index contributed by atoms with van der Waals surface area (Å²) in [5.41, 5.74) is 0.762. The van der Waals surface area contributed by atoms with Gasteiger partial charge < -0.3 is 10.4 Å². The Morgan fingerprint density at radius 3 is 2.57 bits per heavy atom. The summed E-state index contributed by atoms with van der Waals surface area (Å²) in [6, 6.07) is 3.66. The van der Waals surface area contributed by atoms with Crippen LogP contribution in [0.25, 0.3) is 0 Å². The molecule has 0 atom stereocenters. The number of carbonyl (C=O) groups is 2. The molecule has 0 unspecified atom stereocenters. The van der Waals surface area contributed by atoms with E-state index in [-0.39, 0.29) is 0 Å². The highest BCUT2D eigenvalue weighted by Crippen LogP contribution is 2.15. The number of hydrogen-bond donors (Lipinski definition) is 2. The Morgan fingerprint density at radius 2 is 2.07 bits per heavy atom. The van der Waals surface area contributed by atoms with Crippen molar-refractivity contribution in [1.29, 1.82) is 0 Å². The van der Waals surface area contributed by atoms with Gasteiger partial charge in [0.25, 0.3) is 0 Å². The number of carbonyl (C=O) groups excluding carboxylic acids is 1.